The molecule has 0 unspecified atom stereocenters. The molecule has 1 N–H and O–H groups in total. The highest BCUT2D eigenvalue weighted by atomic mass is 32.1. The molecule has 0 saturated carbocycles. The number of hydrogen-bond donors (Lipinski definition) is 1. The van der Waals surface area contributed by atoms with Crippen LogP contribution in [0, 0.1) is 17.0 Å². The zero-order chi connectivity index (χ0) is 13.8. The van der Waals surface area contributed by atoms with Crippen molar-refractivity contribution in [2.75, 3.05) is 12.4 Å². The highest BCUT2D eigenvalue weighted by Gasteiger charge is 2.15. The topological polar surface area (TPSA) is 77.3 Å². The molecule has 0 radical (unpaired) electrons. The van der Waals surface area contributed by atoms with Gasteiger partial charge in [0, 0.05) is 22.8 Å². The van der Waals surface area contributed by atoms with E-state index in [0.29, 0.717) is 12.2 Å². The van der Waals surface area contributed by atoms with E-state index >= 15 is 0 Å². The van der Waals surface area contributed by atoms with Crippen LogP contribution in [0.15, 0.2) is 24.4 Å². The average Bonchev–Trinajstić information content (AvgIpc) is 2.81. The molecule has 0 amide bonds. The molecule has 0 aliphatic carbocycles. The van der Waals surface area contributed by atoms with E-state index in [9.17, 15) is 10.1 Å². The average molecular weight is 279 g/mol. The van der Waals surface area contributed by atoms with Crippen LogP contribution in [0.25, 0.3) is 0 Å². The number of nitro groups is 1. The highest BCUT2D eigenvalue weighted by molar-refractivity contribution is 7.11. The lowest BCUT2D eigenvalue weighted by Crippen LogP contribution is -1.99. The molecule has 1 aromatic heterocycles. The molecule has 0 fully saturated rings. The van der Waals surface area contributed by atoms with Crippen molar-refractivity contribution in [1.82, 2.24) is 4.98 Å². The van der Waals surface area contributed by atoms with Gasteiger partial charge in [-0.1, -0.05) is 0 Å². The molecule has 0 spiro atoms. The van der Waals surface area contributed by atoms with Crippen LogP contribution in [-0.4, -0.2) is 17.0 Å². The Morgan fingerprint density at radius 2 is 2.32 bits per heavy atom. The molecule has 1 heterocycles. The first-order chi connectivity index (χ1) is 9.10. The Labute approximate surface area is 114 Å². The summed E-state index contributed by atoms with van der Waals surface area (Å²) < 4.78 is 4.95. The fourth-order valence-electron chi connectivity index (χ4n) is 1.62. The monoisotopic (exact) mass is 279 g/mol. The second-order valence-corrected chi connectivity index (χ2v) is 5.16. The number of rotatable bonds is 5. The summed E-state index contributed by atoms with van der Waals surface area (Å²) in [7, 11) is 1.41. The Bertz CT molecular complexity index is 598. The van der Waals surface area contributed by atoms with Crippen molar-refractivity contribution in [3.8, 4) is 5.75 Å². The predicted octanol–water partition coefficient (Wildman–Crippen LogP) is 2.98. The van der Waals surface area contributed by atoms with Gasteiger partial charge in [0.25, 0.3) is 0 Å². The zero-order valence-electron chi connectivity index (χ0n) is 10.5. The second-order valence-electron chi connectivity index (χ2n) is 3.84. The van der Waals surface area contributed by atoms with Crippen molar-refractivity contribution in [1.29, 1.82) is 0 Å². The SMILES string of the molecule is COc1ccc(NCc2cnc(C)s2)cc1[N+](=O)[O-]. The van der Waals surface area contributed by atoms with Crippen LogP contribution in [0.3, 0.4) is 0 Å². The molecule has 0 bridgehead atoms. The van der Waals surface area contributed by atoms with E-state index in [1.54, 1.807) is 29.7 Å². The third-order valence-corrected chi connectivity index (χ3v) is 3.42. The lowest BCUT2D eigenvalue weighted by molar-refractivity contribution is -0.385. The predicted molar refractivity (Wildman–Crippen MR) is 73.8 cm³/mol. The smallest absolute Gasteiger partial charge is 0.312 e. The van der Waals surface area contributed by atoms with Gasteiger partial charge in [-0.15, -0.1) is 11.3 Å². The van der Waals surface area contributed by atoms with Gasteiger partial charge in [-0.3, -0.25) is 10.1 Å². The van der Waals surface area contributed by atoms with Crippen molar-refractivity contribution < 1.29 is 9.66 Å². The lowest BCUT2D eigenvalue weighted by Gasteiger charge is -2.06. The quantitative estimate of drug-likeness (QED) is 0.672. The van der Waals surface area contributed by atoms with E-state index in [0.717, 1.165) is 9.88 Å². The standard InChI is InChI=1S/C12H13N3O3S/c1-8-13-6-10(19-8)7-14-9-3-4-12(18-2)11(5-9)15(16)17/h3-6,14H,7H2,1-2H3. The van der Waals surface area contributed by atoms with E-state index in [1.807, 2.05) is 6.92 Å². The van der Waals surface area contributed by atoms with Gasteiger partial charge in [-0.05, 0) is 19.1 Å². The minimum atomic E-state index is -0.457. The van der Waals surface area contributed by atoms with Gasteiger partial charge in [-0.2, -0.15) is 0 Å². The van der Waals surface area contributed by atoms with Gasteiger partial charge in [0.1, 0.15) is 0 Å². The number of nitro benzene ring substituents is 1. The summed E-state index contributed by atoms with van der Waals surface area (Å²) in [5, 5.41) is 15.0. The van der Waals surface area contributed by atoms with Crippen LogP contribution < -0.4 is 10.1 Å². The molecule has 2 aromatic rings. The largest absolute Gasteiger partial charge is 0.490 e. The summed E-state index contributed by atoms with van der Waals surface area (Å²) in [4.78, 5) is 15.7. The molecule has 0 aliphatic rings. The Kier molecular flexibility index (Phi) is 3.96. The molecule has 100 valence electrons. The van der Waals surface area contributed by atoms with E-state index in [4.69, 9.17) is 4.74 Å². The normalized spacial score (nSPS) is 10.2. The zero-order valence-corrected chi connectivity index (χ0v) is 11.4. The summed E-state index contributed by atoms with van der Waals surface area (Å²) in [5.74, 6) is 0.254. The van der Waals surface area contributed by atoms with Gasteiger partial charge in [0.05, 0.1) is 23.6 Å². The van der Waals surface area contributed by atoms with Gasteiger partial charge in [0.15, 0.2) is 5.75 Å². The summed E-state index contributed by atoms with van der Waals surface area (Å²) in [5.41, 5.74) is 0.631. The van der Waals surface area contributed by atoms with Crippen molar-refractivity contribution >= 4 is 22.7 Å². The Hall–Kier alpha value is -2.15. The number of aryl methyl sites for hydroxylation is 1. The molecular formula is C12H13N3O3S. The van der Waals surface area contributed by atoms with Gasteiger partial charge >= 0.3 is 5.69 Å². The van der Waals surface area contributed by atoms with Crippen LogP contribution in [0.1, 0.15) is 9.88 Å². The van der Waals surface area contributed by atoms with Gasteiger partial charge < -0.3 is 10.1 Å². The molecule has 19 heavy (non-hydrogen) atoms. The van der Waals surface area contributed by atoms with E-state index in [2.05, 4.69) is 10.3 Å². The highest BCUT2D eigenvalue weighted by Crippen LogP contribution is 2.29. The number of methoxy groups -OCH3 is 1. The summed E-state index contributed by atoms with van der Waals surface area (Å²) in [6.45, 7) is 2.53. The van der Waals surface area contributed by atoms with E-state index < -0.39 is 4.92 Å². The molecular weight excluding hydrogens is 266 g/mol. The Morgan fingerprint density at radius 3 is 2.89 bits per heavy atom. The first-order valence-electron chi connectivity index (χ1n) is 5.57. The fraction of sp³-hybridized carbons (Fsp3) is 0.250. The first kappa shape index (κ1) is 13.3. The summed E-state index contributed by atoms with van der Waals surface area (Å²) in [6.07, 6.45) is 1.80. The summed E-state index contributed by atoms with van der Waals surface area (Å²) >= 11 is 1.59. The van der Waals surface area contributed by atoms with Gasteiger partial charge in [-0.25, -0.2) is 4.98 Å². The first-order valence-corrected chi connectivity index (χ1v) is 6.39. The van der Waals surface area contributed by atoms with Crippen LogP contribution in [0.2, 0.25) is 0 Å². The minimum absolute atomic E-state index is 0.0482. The molecule has 0 saturated heterocycles. The van der Waals surface area contributed by atoms with E-state index in [1.165, 1.54) is 13.2 Å². The van der Waals surface area contributed by atoms with Crippen molar-refractivity contribution in [2.24, 2.45) is 0 Å². The van der Waals surface area contributed by atoms with Crippen LogP contribution in [0.4, 0.5) is 11.4 Å². The third kappa shape index (κ3) is 3.19. The van der Waals surface area contributed by atoms with Crippen LogP contribution >= 0.6 is 11.3 Å². The second kappa shape index (κ2) is 5.66. The number of nitrogens with one attached hydrogen (secondary N) is 1. The lowest BCUT2D eigenvalue weighted by atomic mass is 10.2. The number of ether oxygens (including phenoxy) is 1. The molecule has 7 heteroatoms. The maximum atomic E-state index is 10.9. The number of benzene rings is 1. The molecule has 0 aliphatic heterocycles. The van der Waals surface area contributed by atoms with E-state index in [-0.39, 0.29) is 11.4 Å². The number of hydrogen-bond acceptors (Lipinski definition) is 6. The fourth-order valence-corrected chi connectivity index (χ4v) is 2.35. The van der Waals surface area contributed by atoms with Crippen molar-refractivity contribution in [3.63, 3.8) is 0 Å². The Morgan fingerprint density at radius 1 is 1.53 bits per heavy atom. The maximum absolute atomic E-state index is 10.9. The van der Waals surface area contributed by atoms with Crippen molar-refractivity contribution in [2.45, 2.75) is 13.5 Å². The molecule has 2 rings (SSSR count). The van der Waals surface area contributed by atoms with Gasteiger partial charge in [0.2, 0.25) is 0 Å². The maximum Gasteiger partial charge on any atom is 0.312 e. The molecule has 1 aromatic carbocycles. The number of aromatic nitrogens is 1. The Balaban J connectivity index is 2.12. The minimum Gasteiger partial charge on any atom is -0.490 e. The van der Waals surface area contributed by atoms with Crippen LogP contribution in [-0.2, 0) is 6.54 Å². The van der Waals surface area contributed by atoms with Crippen LogP contribution in [0.5, 0.6) is 5.75 Å². The number of anilines is 1. The third-order valence-electron chi connectivity index (χ3n) is 2.51. The molecule has 0 atom stereocenters. The number of thiazole rings is 1. The van der Waals surface area contributed by atoms with Crippen molar-refractivity contribution in [3.05, 3.63) is 44.4 Å². The molecule has 6 nitrogen and oxygen atoms in total. The summed E-state index contributed by atoms with van der Waals surface area (Å²) in [6, 6.07) is 4.80. The number of nitrogens with zero attached hydrogens (tertiary/aromatic N) is 2.